The molecule has 1 aromatic rings. The van der Waals surface area contributed by atoms with Crippen LogP contribution in [0.15, 0.2) is 43.2 Å². The lowest BCUT2D eigenvalue weighted by Gasteiger charge is -2.26. The second kappa shape index (κ2) is 13.8. The third kappa shape index (κ3) is 8.97. The molecule has 152 valence electrons. The minimum absolute atomic E-state index is 0. The molecule has 1 aliphatic carbocycles. The topological polar surface area (TPSA) is 28.7 Å². The summed E-state index contributed by atoms with van der Waals surface area (Å²) in [6.45, 7) is 6.32. The van der Waals surface area contributed by atoms with Gasteiger partial charge in [0.15, 0.2) is 0 Å². The summed E-state index contributed by atoms with van der Waals surface area (Å²) >= 11 is 0. The summed E-state index contributed by atoms with van der Waals surface area (Å²) in [5.41, 5.74) is 1.25. The van der Waals surface area contributed by atoms with Gasteiger partial charge in [0.1, 0.15) is 5.82 Å². The number of aromatic nitrogens is 2. The highest BCUT2D eigenvalue weighted by atomic mass is 35.5. The Hall–Kier alpha value is -1.28. The van der Waals surface area contributed by atoms with E-state index in [4.69, 9.17) is 4.98 Å². The molecule has 0 bridgehead atoms. The number of unbranched alkanes of at least 4 members (excludes halogenated alkanes) is 9. The van der Waals surface area contributed by atoms with Crippen molar-refractivity contribution in [2.45, 2.75) is 90.4 Å². The number of nitrogens with one attached hydrogen (secondary N) is 1. The smallest absolute Gasteiger partial charge is 0.107 e. The SMILES string of the molecule is C=CC1(Cc2nc(CCCCCCCCCCCC)c[nH]2)C=CC=CC1.Cl. The van der Waals surface area contributed by atoms with E-state index in [0.717, 1.165) is 25.1 Å². The molecule has 0 amide bonds. The maximum absolute atomic E-state index is 4.81. The van der Waals surface area contributed by atoms with Gasteiger partial charge in [-0.25, -0.2) is 4.98 Å². The molecule has 0 saturated carbocycles. The monoisotopic (exact) mass is 390 g/mol. The average Bonchev–Trinajstić information content (AvgIpc) is 3.11. The largest absolute Gasteiger partial charge is 0.348 e. The molecule has 0 radical (unpaired) electrons. The van der Waals surface area contributed by atoms with E-state index in [9.17, 15) is 0 Å². The molecule has 3 heteroatoms. The molecule has 2 rings (SSSR count). The summed E-state index contributed by atoms with van der Waals surface area (Å²) in [5.74, 6) is 1.09. The molecule has 1 aliphatic rings. The number of nitrogens with zero attached hydrogens (tertiary/aromatic N) is 1. The van der Waals surface area contributed by atoms with Gasteiger partial charge in [-0.1, -0.05) is 95.1 Å². The van der Waals surface area contributed by atoms with E-state index in [1.54, 1.807) is 0 Å². The zero-order valence-electron chi connectivity index (χ0n) is 17.2. The van der Waals surface area contributed by atoms with Gasteiger partial charge >= 0.3 is 0 Å². The summed E-state index contributed by atoms with van der Waals surface area (Å²) in [4.78, 5) is 8.19. The summed E-state index contributed by atoms with van der Waals surface area (Å²) in [5, 5.41) is 0. The zero-order valence-corrected chi connectivity index (χ0v) is 18.0. The Kier molecular flexibility index (Phi) is 12.2. The highest BCUT2D eigenvalue weighted by Crippen LogP contribution is 2.32. The first-order chi connectivity index (χ1) is 12.8. The fourth-order valence-electron chi connectivity index (χ4n) is 3.76. The second-order valence-corrected chi connectivity index (χ2v) is 7.88. The van der Waals surface area contributed by atoms with Gasteiger partial charge in [-0.15, -0.1) is 19.0 Å². The van der Waals surface area contributed by atoms with Crippen LogP contribution in [0.25, 0.3) is 0 Å². The van der Waals surface area contributed by atoms with Gasteiger partial charge in [-0.2, -0.15) is 0 Å². The molecule has 0 fully saturated rings. The van der Waals surface area contributed by atoms with Gasteiger partial charge in [0.2, 0.25) is 0 Å². The quantitative estimate of drug-likeness (QED) is 0.258. The maximum Gasteiger partial charge on any atom is 0.107 e. The lowest BCUT2D eigenvalue weighted by molar-refractivity contribution is 0.480. The number of aryl methyl sites for hydroxylation is 1. The Morgan fingerprint density at radius 3 is 2.30 bits per heavy atom. The van der Waals surface area contributed by atoms with Gasteiger partial charge in [0, 0.05) is 18.0 Å². The van der Waals surface area contributed by atoms with E-state index >= 15 is 0 Å². The van der Waals surface area contributed by atoms with Crippen LogP contribution in [-0.2, 0) is 12.8 Å². The van der Waals surface area contributed by atoms with Crippen molar-refractivity contribution in [3.8, 4) is 0 Å². The molecule has 0 aliphatic heterocycles. The number of H-pyrrole nitrogens is 1. The fourth-order valence-corrected chi connectivity index (χ4v) is 3.76. The predicted octanol–water partition coefficient (Wildman–Crippen LogP) is 7.53. The van der Waals surface area contributed by atoms with Crippen LogP contribution >= 0.6 is 12.4 Å². The number of rotatable bonds is 14. The van der Waals surface area contributed by atoms with E-state index in [0.29, 0.717) is 0 Å². The highest BCUT2D eigenvalue weighted by Gasteiger charge is 2.25. The van der Waals surface area contributed by atoms with Gasteiger partial charge in [-0.05, 0) is 19.3 Å². The van der Waals surface area contributed by atoms with Crippen LogP contribution in [0.3, 0.4) is 0 Å². The minimum atomic E-state index is 0. The van der Waals surface area contributed by atoms with E-state index in [1.807, 2.05) is 0 Å². The molecule has 1 unspecified atom stereocenters. The van der Waals surface area contributed by atoms with Crippen molar-refractivity contribution in [3.05, 3.63) is 54.7 Å². The van der Waals surface area contributed by atoms with Crippen LogP contribution < -0.4 is 0 Å². The molecule has 0 saturated heterocycles. The normalized spacial score (nSPS) is 18.4. The number of hydrogen-bond donors (Lipinski definition) is 1. The standard InChI is InChI=1S/C24H38N2.ClH/c1-3-5-6-7-8-9-10-11-12-14-17-22-21-25-23(26-22)20-24(4-2)18-15-13-16-19-24;/h4,13,15-16,18,21H,2-3,5-12,14,17,19-20H2,1H3,(H,25,26);1H. The molecular formula is C24H39ClN2. The third-order valence-electron chi connectivity index (χ3n) is 5.55. The number of allylic oxidation sites excluding steroid dienone is 5. The van der Waals surface area contributed by atoms with Crippen LogP contribution in [0.1, 0.15) is 89.1 Å². The van der Waals surface area contributed by atoms with Gasteiger partial charge in [0.05, 0.1) is 5.69 Å². The van der Waals surface area contributed by atoms with E-state index < -0.39 is 0 Å². The molecule has 0 spiro atoms. The zero-order chi connectivity index (χ0) is 18.5. The van der Waals surface area contributed by atoms with E-state index in [2.05, 4.69) is 55.1 Å². The molecule has 1 atom stereocenters. The van der Waals surface area contributed by atoms with Crippen LogP contribution in [0, 0.1) is 5.41 Å². The van der Waals surface area contributed by atoms with Gasteiger partial charge < -0.3 is 4.98 Å². The lowest BCUT2D eigenvalue weighted by Crippen LogP contribution is -2.19. The Morgan fingerprint density at radius 2 is 1.70 bits per heavy atom. The van der Waals surface area contributed by atoms with Crippen LogP contribution in [-0.4, -0.2) is 9.97 Å². The van der Waals surface area contributed by atoms with Crippen molar-refractivity contribution in [3.63, 3.8) is 0 Å². The van der Waals surface area contributed by atoms with Crippen molar-refractivity contribution >= 4 is 12.4 Å². The van der Waals surface area contributed by atoms with Gasteiger partial charge in [0.25, 0.3) is 0 Å². The third-order valence-corrected chi connectivity index (χ3v) is 5.55. The van der Waals surface area contributed by atoms with Crippen molar-refractivity contribution in [1.29, 1.82) is 0 Å². The molecule has 1 heterocycles. The van der Waals surface area contributed by atoms with Crippen molar-refractivity contribution in [1.82, 2.24) is 9.97 Å². The number of halogens is 1. The first-order valence-corrected chi connectivity index (χ1v) is 10.8. The lowest BCUT2D eigenvalue weighted by atomic mass is 9.78. The maximum atomic E-state index is 4.81. The predicted molar refractivity (Wildman–Crippen MR) is 121 cm³/mol. The van der Waals surface area contributed by atoms with Crippen molar-refractivity contribution in [2.24, 2.45) is 5.41 Å². The summed E-state index contributed by atoms with van der Waals surface area (Å²) in [7, 11) is 0. The highest BCUT2D eigenvalue weighted by molar-refractivity contribution is 5.85. The average molecular weight is 391 g/mol. The molecule has 1 aromatic heterocycles. The summed E-state index contributed by atoms with van der Waals surface area (Å²) < 4.78 is 0. The van der Waals surface area contributed by atoms with Crippen molar-refractivity contribution < 1.29 is 0 Å². The summed E-state index contributed by atoms with van der Waals surface area (Å²) in [6.07, 6.45) is 29.7. The Labute approximate surface area is 173 Å². The Morgan fingerprint density at radius 1 is 1.04 bits per heavy atom. The fraction of sp³-hybridized carbons (Fsp3) is 0.625. The van der Waals surface area contributed by atoms with Crippen LogP contribution in [0.4, 0.5) is 0 Å². The van der Waals surface area contributed by atoms with Gasteiger partial charge in [-0.3, -0.25) is 0 Å². The second-order valence-electron chi connectivity index (χ2n) is 7.88. The van der Waals surface area contributed by atoms with Crippen LogP contribution in [0.2, 0.25) is 0 Å². The molecule has 0 aromatic carbocycles. The first kappa shape index (κ1) is 23.8. The Bertz CT molecular complexity index is 573. The van der Waals surface area contributed by atoms with E-state index in [-0.39, 0.29) is 17.8 Å². The van der Waals surface area contributed by atoms with E-state index in [1.165, 1.54) is 69.9 Å². The molecule has 2 nitrogen and oxygen atoms in total. The summed E-state index contributed by atoms with van der Waals surface area (Å²) in [6, 6.07) is 0. The van der Waals surface area contributed by atoms with Crippen LogP contribution in [0.5, 0.6) is 0 Å². The Balaban J connectivity index is 0.00000364. The molecular weight excluding hydrogens is 352 g/mol. The molecule has 27 heavy (non-hydrogen) atoms. The first-order valence-electron chi connectivity index (χ1n) is 10.8. The molecule has 1 N–H and O–H groups in total. The number of imidazole rings is 1. The number of aromatic amines is 1. The number of hydrogen-bond acceptors (Lipinski definition) is 1. The van der Waals surface area contributed by atoms with Crippen molar-refractivity contribution in [2.75, 3.05) is 0 Å². The minimum Gasteiger partial charge on any atom is -0.348 e.